The summed E-state index contributed by atoms with van der Waals surface area (Å²) < 4.78 is 38.9. The number of rotatable bonds is 5. The van der Waals surface area contributed by atoms with Gasteiger partial charge in [-0.3, -0.25) is 9.69 Å². The summed E-state index contributed by atoms with van der Waals surface area (Å²) in [7, 11) is 1.83. The highest BCUT2D eigenvalue weighted by atomic mass is 79.9. The number of thiophene rings is 1. The maximum absolute atomic E-state index is 12.6. The van der Waals surface area contributed by atoms with Crippen molar-refractivity contribution in [1.29, 1.82) is 0 Å². The Morgan fingerprint density at radius 3 is 2.77 bits per heavy atom. The molecule has 0 aliphatic rings. The van der Waals surface area contributed by atoms with Crippen molar-refractivity contribution in [1.82, 2.24) is 10.2 Å². The van der Waals surface area contributed by atoms with Crippen molar-refractivity contribution in [3.05, 3.63) is 56.2 Å². The van der Waals surface area contributed by atoms with Crippen molar-refractivity contribution in [3.63, 3.8) is 0 Å². The first-order chi connectivity index (χ1) is 12.2. The molecule has 0 bridgehead atoms. The molecule has 3 nitrogen and oxygen atoms in total. The molecule has 2 aromatic rings. The number of alkyl halides is 3. The first-order valence-electron chi connectivity index (χ1n) is 7.58. The van der Waals surface area contributed by atoms with E-state index in [4.69, 9.17) is 0 Å². The van der Waals surface area contributed by atoms with E-state index in [0.717, 1.165) is 21.5 Å². The number of likely N-dealkylation sites (N-methyl/N-ethyl adjacent to an activating group) is 1. The van der Waals surface area contributed by atoms with Gasteiger partial charge in [0.25, 0.3) is 0 Å². The molecule has 1 N–H and O–H groups in total. The summed E-state index contributed by atoms with van der Waals surface area (Å²) in [4.78, 5) is 14.9. The molecule has 138 valence electrons. The Labute approximate surface area is 162 Å². The molecule has 0 saturated carbocycles. The van der Waals surface area contributed by atoms with Crippen LogP contribution in [0.15, 0.2) is 40.2 Å². The average Bonchev–Trinajstić information content (AvgIpc) is 2.96. The molecule has 8 heteroatoms. The molecule has 1 aromatic heterocycles. The summed E-state index contributed by atoms with van der Waals surface area (Å²) in [6.45, 7) is 0.938. The van der Waals surface area contributed by atoms with Crippen molar-refractivity contribution in [3.8, 4) is 11.8 Å². The molecule has 0 aliphatic carbocycles. The van der Waals surface area contributed by atoms with Gasteiger partial charge >= 0.3 is 6.18 Å². The molecule has 1 aromatic carbocycles. The van der Waals surface area contributed by atoms with Gasteiger partial charge in [-0.15, -0.1) is 11.3 Å². The predicted molar refractivity (Wildman–Crippen MR) is 99.7 cm³/mol. The van der Waals surface area contributed by atoms with Crippen LogP contribution >= 0.6 is 27.3 Å². The molecule has 26 heavy (non-hydrogen) atoms. The summed E-state index contributed by atoms with van der Waals surface area (Å²) in [5.74, 6) is 5.10. The largest absolute Gasteiger partial charge is 0.416 e. The predicted octanol–water partition coefficient (Wildman–Crippen LogP) is 4.13. The van der Waals surface area contributed by atoms with Crippen molar-refractivity contribution < 1.29 is 18.0 Å². The van der Waals surface area contributed by atoms with E-state index in [-0.39, 0.29) is 24.6 Å². The Hall–Kier alpha value is -1.82. The number of carbonyl (C=O) groups excluding carboxylic acids is 1. The van der Waals surface area contributed by atoms with Crippen molar-refractivity contribution in [2.24, 2.45) is 0 Å². The van der Waals surface area contributed by atoms with Gasteiger partial charge in [0.15, 0.2) is 0 Å². The van der Waals surface area contributed by atoms with Crippen molar-refractivity contribution in [2.45, 2.75) is 12.7 Å². The minimum Gasteiger partial charge on any atom is -0.344 e. The first-order valence-corrected chi connectivity index (χ1v) is 9.25. The van der Waals surface area contributed by atoms with E-state index in [1.165, 1.54) is 12.1 Å². The zero-order valence-electron chi connectivity index (χ0n) is 13.9. The van der Waals surface area contributed by atoms with Crippen LogP contribution in [0.2, 0.25) is 0 Å². The molecule has 1 heterocycles. The number of nitrogens with one attached hydrogen (secondary N) is 1. The second kappa shape index (κ2) is 9.21. The topological polar surface area (TPSA) is 32.3 Å². The fraction of sp³-hybridized carbons (Fsp3) is 0.278. The summed E-state index contributed by atoms with van der Waals surface area (Å²) in [5.41, 5.74) is -0.482. The SMILES string of the molecule is CN(CC(=O)NCC#Cc1cccc(C(F)(F)F)c1)Cc1cc(Br)cs1. The van der Waals surface area contributed by atoms with Crippen LogP contribution in [0.25, 0.3) is 0 Å². The molecule has 0 spiro atoms. The van der Waals surface area contributed by atoms with Crippen LogP contribution < -0.4 is 5.32 Å². The molecule has 0 saturated heterocycles. The smallest absolute Gasteiger partial charge is 0.344 e. The van der Waals surface area contributed by atoms with Crippen LogP contribution in [0, 0.1) is 11.8 Å². The molecule has 0 aliphatic heterocycles. The Balaban J connectivity index is 1.79. The number of halogens is 4. The van der Waals surface area contributed by atoms with Crippen molar-refractivity contribution in [2.75, 3.05) is 20.1 Å². The zero-order valence-corrected chi connectivity index (χ0v) is 16.3. The van der Waals surface area contributed by atoms with Gasteiger partial charge in [0.05, 0.1) is 18.7 Å². The van der Waals surface area contributed by atoms with Crippen LogP contribution in [-0.2, 0) is 17.5 Å². The number of carbonyl (C=O) groups is 1. The van der Waals surface area contributed by atoms with E-state index in [1.54, 1.807) is 11.3 Å². The molecular weight excluding hydrogens is 429 g/mol. The second-order valence-electron chi connectivity index (χ2n) is 5.56. The molecular formula is C18H16BrF3N2OS. The van der Waals surface area contributed by atoms with Gasteiger partial charge in [-0.1, -0.05) is 17.9 Å². The fourth-order valence-corrected chi connectivity index (χ4v) is 3.65. The summed E-state index contributed by atoms with van der Waals surface area (Å²) in [6.07, 6.45) is -4.39. The van der Waals surface area contributed by atoms with Crippen LogP contribution in [0.4, 0.5) is 13.2 Å². The number of benzene rings is 1. The lowest BCUT2D eigenvalue weighted by molar-refractivity contribution is -0.137. The first kappa shape index (κ1) is 20.5. The average molecular weight is 445 g/mol. The standard InChI is InChI=1S/C18H16BrF3N2OS/c1-24(10-16-9-15(19)12-26-16)11-17(25)23-7-3-5-13-4-2-6-14(8-13)18(20,21)22/h2,4,6,8-9,12H,7,10-11H2,1H3,(H,23,25). The third-order valence-electron chi connectivity index (χ3n) is 3.26. The third kappa shape index (κ3) is 6.83. The van der Waals surface area contributed by atoms with Gasteiger partial charge < -0.3 is 5.32 Å². The lowest BCUT2D eigenvalue weighted by Gasteiger charge is -2.14. The quantitative estimate of drug-likeness (QED) is 0.703. The number of nitrogens with zero attached hydrogens (tertiary/aromatic N) is 1. The summed E-state index contributed by atoms with van der Waals surface area (Å²) >= 11 is 4.99. The molecule has 2 rings (SSSR count). The number of hydrogen-bond donors (Lipinski definition) is 1. The van der Waals surface area contributed by atoms with Gasteiger partial charge in [-0.2, -0.15) is 13.2 Å². The van der Waals surface area contributed by atoms with E-state index in [9.17, 15) is 18.0 Å². The van der Waals surface area contributed by atoms with Gasteiger partial charge in [0.2, 0.25) is 5.91 Å². The zero-order chi connectivity index (χ0) is 19.2. The van der Waals surface area contributed by atoms with E-state index in [1.807, 2.05) is 23.4 Å². The number of hydrogen-bond acceptors (Lipinski definition) is 3. The minimum absolute atomic E-state index is 0.0769. The number of amides is 1. The summed E-state index contributed by atoms with van der Waals surface area (Å²) in [5, 5.41) is 4.62. The van der Waals surface area contributed by atoms with Crippen LogP contribution in [0.5, 0.6) is 0 Å². The van der Waals surface area contributed by atoms with Gasteiger partial charge in [-0.25, -0.2) is 0 Å². The highest BCUT2D eigenvalue weighted by Crippen LogP contribution is 2.29. The monoisotopic (exact) mass is 444 g/mol. The van der Waals surface area contributed by atoms with E-state index >= 15 is 0 Å². The molecule has 0 atom stereocenters. The highest BCUT2D eigenvalue weighted by molar-refractivity contribution is 9.10. The lowest BCUT2D eigenvalue weighted by atomic mass is 10.1. The highest BCUT2D eigenvalue weighted by Gasteiger charge is 2.30. The van der Waals surface area contributed by atoms with Crippen molar-refractivity contribution >= 4 is 33.2 Å². The maximum atomic E-state index is 12.6. The van der Waals surface area contributed by atoms with E-state index in [2.05, 4.69) is 33.1 Å². The van der Waals surface area contributed by atoms with E-state index in [0.29, 0.717) is 6.54 Å². The van der Waals surface area contributed by atoms with Crippen LogP contribution in [0.3, 0.4) is 0 Å². The molecule has 0 unspecified atom stereocenters. The lowest BCUT2D eigenvalue weighted by Crippen LogP contribution is -2.34. The van der Waals surface area contributed by atoms with Gasteiger partial charge in [-0.05, 0) is 47.2 Å². The molecule has 0 fully saturated rings. The normalized spacial score (nSPS) is 11.2. The third-order valence-corrected chi connectivity index (χ3v) is 4.94. The Morgan fingerprint density at radius 2 is 2.12 bits per heavy atom. The van der Waals surface area contributed by atoms with Gasteiger partial charge in [0.1, 0.15) is 0 Å². The molecule has 0 radical (unpaired) electrons. The van der Waals surface area contributed by atoms with Crippen LogP contribution in [0.1, 0.15) is 16.0 Å². The maximum Gasteiger partial charge on any atom is 0.416 e. The Bertz CT molecular complexity index is 824. The Morgan fingerprint density at radius 1 is 1.35 bits per heavy atom. The van der Waals surface area contributed by atoms with E-state index < -0.39 is 11.7 Å². The van der Waals surface area contributed by atoms with Crippen LogP contribution in [-0.4, -0.2) is 30.9 Å². The minimum atomic E-state index is -4.39. The Kier molecular flexibility index (Phi) is 7.26. The fourth-order valence-electron chi connectivity index (χ4n) is 2.12. The molecule has 1 amide bonds. The summed E-state index contributed by atoms with van der Waals surface area (Å²) in [6, 6.07) is 6.79. The second-order valence-corrected chi connectivity index (χ2v) is 7.47. The van der Waals surface area contributed by atoms with Gasteiger partial charge in [0, 0.05) is 26.8 Å².